The minimum absolute atomic E-state index is 0.150. The normalized spacial score (nSPS) is 13.8. The van der Waals surface area contributed by atoms with Crippen molar-refractivity contribution in [1.29, 1.82) is 0 Å². The molecule has 0 unspecified atom stereocenters. The van der Waals surface area contributed by atoms with E-state index in [0.29, 0.717) is 12.1 Å². The molecule has 4 nitrogen and oxygen atoms in total. The maximum Gasteiger partial charge on any atom is 0.232 e. The topological polar surface area (TPSA) is 49.4 Å². The van der Waals surface area contributed by atoms with Crippen LogP contribution in [0.25, 0.3) is 0 Å². The number of rotatable bonds is 7. The van der Waals surface area contributed by atoms with Gasteiger partial charge in [-0.25, -0.2) is 12.8 Å². The molecule has 0 spiro atoms. The Bertz CT molecular complexity index is 835. The highest BCUT2D eigenvalue weighted by atomic mass is 32.2. The summed E-state index contributed by atoms with van der Waals surface area (Å²) in [6, 6.07) is 12.2. The molecule has 0 saturated carbocycles. The van der Waals surface area contributed by atoms with Crippen LogP contribution in [0.15, 0.2) is 42.5 Å². The van der Waals surface area contributed by atoms with E-state index in [4.69, 9.17) is 0 Å². The second-order valence-corrected chi connectivity index (χ2v) is 8.26. The van der Waals surface area contributed by atoms with Crippen LogP contribution in [-0.4, -0.2) is 20.7 Å². The fraction of sp³-hybridized carbons (Fsp3) is 0.368. The Morgan fingerprint density at radius 2 is 1.92 bits per heavy atom. The highest BCUT2D eigenvalue weighted by Crippen LogP contribution is 2.32. The van der Waals surface area contributed by atoms with Crippen LogP contribution in [0.3, 0.4) is 0 Å². The molecule has 1 heterocycles. The van der Waals surface area contributed by atoms with Crippen molar-refractivity contribution in [2.24, 2.45) is 0 Å². The summed E-state index contributed by atoms with van der Waals surface area (Å²) < 4.78 is 39.8. The Balaban J connectivity index is 1.71. The molecule has 1 aliphatic heterocycles. The molecule has 6 heteroatoms. The standard InChI is InChI=1S/C19H23FN2O2S/c1-2-3-12-25(23,24)21-18-8-9-19-16(13-18)10-11-22(19)14-15-4-6-17(20)7-5-15/h4-9,13,21H,2-3,10-12,14H2,1H3. The second kappa shape index (κ2) is 7.44. The average molecular weight is 362 g/mol. The fourth-order valence-corrected chi connectivity index (χ4v) is 4.33. The molecule has 1 N–H and O–H groups in total. The summed E-state index contributed by atoms with van der Waals surface area (Å²) in [5.41, 5.74) is 3.93. The first-order valence-corrected chi connectivity index (χ1v) is 10.2. The molecule has 134 valence electrons. The predicted molar refractivity (Wildman–Crippen MR) is 99.9 cm³/mol. The van der Waals surface area contributed by atoms with Crippen LogP contribution in [0.1, 0.15) is 30.9 Å². The van der Waals surface area contributed by atoms with E-state index in [0.717, 1.165) is 42.7 Å². The van der Waals surface area contributed by atoms with Crippen LogP contribution in [0.4, 0.5) is 15.8 Å². The maximum atomic E-state index is 13.0. The SMILES string of the molecule is CCCCS(=O)(=O)Nc1ccc2c(c1)CCN2Cc1ccc(F)cc1. The number of unbranched alkanes of at least 4 members (excludes halogenated alkanes) is 1. The highest BCUT2D eigenvalue weighted by molar-refractivity contribution is 7.92. The van der Waals surface area contributed by atoms with Crippen molar-refractivity contribution in [3.63, 3.8) is 0 Å². The zero-order valence-corrected chi connectivity index (χ0v) is 15.2. The van der Waals surface area contributed by atoms with E-state index in [2.05, 4.69) is 9.62 Å². The molecule has 0 saturated heterocycles. The predicted octanol–water partition coefficient (Wildman–Crippen LogP) is 3.93. The smallest absolute Gasteiger partial charge is 0.232 e. The van der Waals surface area contributed by atoms with Gasteiger partial charge in [-0.2, -0.15) is 0 Å². The molecule has 0 radical (unpaired) electrons. The van der Waals surface area contributed by atoms with Crippen molar-refractivity contribution in [2.75, 3.05) is 21.9 Å². The first kappa shape index (κ1) is 17.7. The van der Waals surface area contributed by atoms with Crippen molar-refractivity contribution in [3.8, 4) is 0 Å². The second-order valence-electron chi connectivity index (χ2n) is 6.42. The third-order valence-corrected chi connectivity index (χ3v) is 5.77. The number of hydrogen-bond donors (Lipinski definition) is 1. The molecule has 0 aliphatic carbocycles. The van der Waals surface area contributed by atoms with Gasteiger partial charge in [0.2, 0.25) is 10.0 Å². The maximum absolute atomic E-state index is 13.0. The molecule has 0 bridgehead atoms. The lowest BCUT2D eigenvalue weighted by molar-refractivity contribution is 0.598. The van der Waals surface area contributed by atoms with Gasteiger partial charge in [0.05, 0.1) is 5.75 Å². The lowest BCUT2D eigenvalue weighted by atomic mass is 10.1. The number of halogens is 1. The van der Waals surface area contributed by atoms with E-state index in [-0.39, 0.29) is 11.6 Å². The number of sulfonamides is 1. The van der Waals surface area contributed by atoms with Gasteiger partial charge in [-0.3, -0.25) is 4.72 Å². The van der Waals surface area contributed by atoms with Crippen molar-refractivity contribution in [2.45, 2.75) is 32.7 Å². The van der Waals surface area contributed by atoms with Crippen molar-refractivity contribution < 1.29 is 12.8 Å². The van der Waals surface area contributed by atoms with Crippen LogP contribution >= 0.6 is 0 Å². The summed E-state index contributed by atoms with van der Waals surface area (Å²) in [7, 11) is -3.28. The van der Waals surface area contributed by atoms with E-state index in [1.807, 2.05) is 25.1 Å². The summed E-state index contributed by atoms with van der Waals surface area (Å²) in [5, 5.41) is 0. The van der Waals surface area contributed by atoms with Crippen LogP contribution in [0, 0.1) is 5.82 Å². The Hall–Kier alpha value is -2.08. The molecule has 2 aromatic rings. The van der Waals surface area contributed by atoms with Crippen molar-refractivity contribution >= 4 is 21.4 Å². The molecule has 0 amide bonds. The van der Waals surface area contributed by atoms with Gasteiger partial charge in [0.1, 0.15) is 5.82 Å². The third kappa shape index (κ3) is 4.51. The zero-order valence-electron chi connectivity index (χ0n) is 14.3. The van der Waals surface area contributed by atoms with E-state index in [1.165, 1.54) is 12.1 Å². The van der Waals surface area contributed by atoms with Crippen LogP contribution < -0.4 is 9.62 Å². The summed E-state index contributed by atoms with van der Waals surface area (Å²) in [4.78, 5) is 2.23. The number of benzene rings is 2. The molecule has 0 aromatic heterocycles. The van der Waals surface area contributed by atoms with Gasteiger partial charge in [0.15, 0.2) is 0 Å². The van der Waals surface area contributed by atoms with Crippen LogP contribution in [-0.2, 0) is 23.0 Å². The van der Waals surface area contributed by atoms with Gasteiger partial charge < -0.3 is 4.90 Å². The van der Waals surface area contributed by atoms with Crippen LogP contribution in [0.5, 0.6) is 0 Å². The molecule has 0 atom stereocenters. The van der Waals surface area contributed by atoms with E-state index < -0.39 is 10.0 Å². The zero-order chi connectivity index (χ0) is 17.9. The molecule has 3 rings (SSSR count). The van der Waals surface area contributed by atoms with E-state index >= 15 is 0 Å². The lowest BCUT2D eigenvalue weighted by Crippen LogP contribution is -2.19. The minimum Gasteiger partial charge on any atom is -0.367 e. The monoisotopic (exact) mass is 362 g/mol. The number of anilines is 2. The Morgan fingerprint density at radius 3 is 2.64 bits per heavy atom. The quantitative estimate of drug-likeness (QED) is 0.812. The highest BCUT2D eigenvalue weighted by Gasteiger charge is 2.20. The van der Waals surface area contributed by atoms with E-state index in [1.54, 1.807) is 12.1 Å². The number of nitrogens with zero attached hydrogens (tertiary/aromatic N) is 1. The average Bonchev–Trinajstić information content (AvgIpc) is 2.97. The van der Waals surface area contributed by atoms with Crippen molar-refractivity contribution in [3.05, 3.63) is 59.4 Å². The first-order chi connectivity index (χ1) is 12.0. The van der Waals surface area contributed by atoms with E-state index in [9.17, 15) is 12.8 Å². The lowest BCUT2D eigenvalue weighted by Gasteiger charge is -2.20. The van der Waals surface area contributed by atoms with Crippen LogP contribution in [0.2, 0.25) is 0 Å². The number of fused-ring (bicyclic) bond motifs is 1. The van der Waals surface area contributed by atoms with Crippen molar-refractivity contribution in [1.82, 2.24) is 0 Å². The molecule has 25 heavy (non-hydrogen) atoms. The number of hydrogen-bond acceptors (Lipinski definition) is 3. The minimum atomic E-state index is -3.28. The summed E-state index contributed by atoms with van der Waals surface area (Å²) in [6.45, 7) is 3.56. The van der Waals surface area contributed by atoms with Gasteiger partial charge in [-0.1, -0.05) is 25.5 Å². The van der Waals surface area contributed by atoms with Gasteiger partial charge in [-0.15, -0.1) is 0 Å². The molecule has 1 aliphatic rings. The Morgan fingerprint density at radius 1 is 1.16 bits per heavy atom. The Kier molecular flexibility index (Phi) is 5.27. The fourth-order valence-electron chi connectivity index (χ4n) is 3.07. The third-order valence-electron chi connectivity index (χ3n) is 4.40. The summed E-state index contributed by atoms with van der Waals surface area (Å²) >= 11 is 0. The molecular weight excluding hydrogens is 339 g/mol. The van der Waals surface area contributed by atoms with Gasteiger partial charge in [-0.05, 0) is 54.3 Å². The first-order valence-electron chi connectivity index (χ1n) is 8.59. The van der Waals surface area contributed by atoms with Gasteiger partial charge in [0.25, 0.3) is 0 Å². The van der Waals surface area contributed by atoms with Gasteiger partial charge >= 0.3 is 0 Å². The number of nitrogens with one attached hydrogen (secondary N) is 1. The molecule has 0 fully saturated rings. The Labute approximate surface area is 148 Å². The van der Waals surface area contributed by atoms with Gasteiger partial charge in [0, 0.05) is 24.5 Å². The summed E-state index contributed by atoms with van der Waals surface area (Å²) in [6.07, 6.45) is 2.39. The summed E-state index contributed by atoms with van der Waals surface area (Å²) in [5.74, 6) is -0.0809. The molecular formula is C19H23FN2O2S. The largest absolute Gasteiger partial charge is 0.367 e. The molecule has 2 aromatic carbocycles.